The predicted octanol–water partition coefficient (Wildman–Crippen LogP) is 1.28. The average molecular weight is 150 g/mol. The van der Waals surface area contributed by atoms with Crippen molar-refractivity contribution in [2.24, 2.45) is 0 Å². The van der Waals surface area contributed by atoms with Crippen molar-refractivity contribution in [1.29, 1.82) is 0 Å². The summed E-state index contributed by atoms with van der Waals surface area (Å²) < 4.78 is 4.88. The Labute approximate surface area is 65.5 Å². The maximum Gasteiger partial charge on any atom is 0.137 e. The molecule has 11 heavy (non-hydrogen) atoms. The van der Waals surface area contributed by atoms with Gasteiger partial charge in [-0.05, 0) is 12.1 Å². The second-order valence-corrected chi connectivity index (χ2v) is 2.10. The van der Waals surface area contributed by atoms with Gasteiger partial charge in [0.05, 0.1) is 7.11 Å². The fraction of sp³-hybridized carbons (Fsp3) is 0.125. The van der Waals surface area contributed by atoms with Crippen LogP contribution in [0.15, 0.2) is 24.9 Å². The Balaban J connectivity index is 2.96. The first-order chi connectivity index (χ1) is 5.24. The van der Waals surface area contributed by atoms with Crippen molar-refractivity contribution >= 4 is 11.4 Å². The van der Waals surface area contributed by atoms with Gasteiger partial charge in [-0.3, -0.25) is 4.98 Å². The lowest BCUT2D eigenvalue weighted by molar-refractivity contribution is 0.369. The van der Waals surface area contributed by atoms with Crippen LogP contribution >= 0.6 is 0 Å². The summed E-state index contributed by atoms with van der Waals surface area (Å²) in [6.07, 6.45) is 1.62. The summed E-state index contributed by atoms with van der Waals surface area (Å²) >= 11 is 0. The van der Waals surface area contributed by atoms with E-state index in [0.29, 0.717) is 17.1 Å². The van der Waals surface area contributed by atoms with E-state index < -0.39 is 0 Å². The first kappa shape index (κ1) is 7.60. The molecule has 0 aliphatic rings. The normalized spacial score (nSPS) is 9.18. The van der Waals surface area contributed by atoms with Gasteiger partial charge in [0.25, 0.3) is 0 Å². The average Bonchev–Trinajstić information content (AvgIpc) is 2.03. The summed E-state index contributed by atoms with van der Waals surface area (Å²) in [4.78, 5) is 4.01. The zero-order valence-corrected chi connectivity index (χ0v) is 6.37. The third-order valence-corrected chi connectivity index (χ3v) is 1.32. The summed E-state index contributed by atoms with van der Waals surface area (Å²) in [6.45, 7) is 3.64. The van der Waals surface area contributed by atoms with Gasteiger partial charge in [-0.15, -0.1) is 0 Å². The molecule has 0 aliphatic carbocycles. The van der Waals surface area contributed by atoms with Crippen LogP contribution in [0.1, 0.15) is 5.69 Å². The fourth-order valence-corrected chi connectivity index (χ4v) is 0.704. The molecule has 0 aromatic carbocycles. The van der Waals surface area contributed by atoms with Gasteiger partial charge < -0.3 is 10.5 Å². The van der Waals surface area contributed by atoms with Gasteiger partial charge in [-0.2, -0.15) is 0 Å². The van der Waals surface area contributed by atoms with Gasteiger partial charge in [-0.25, -0.2) is 0 Å². The molecule has 0 aliphatic heterocycles. The van der Waals surface area contributed by atoms with Gasteiger partial charge in [-0.1, -0.05) is 6.58 Å². The topological polar surface area (TPSA) is 48.1 Å². The Hall–Kier alpha value is -1.51. The zero-order valence-electron chi connectivity index (χ0n) is 6.37. The van der Waals surface area contributed by atoms with E-state index in [-0.39, 0.29) is 0 Å². The lowest BCUT2D eigenvalue weighted by Crippen LogP contribution is -1.92. The second-order valence-electron chi connectivity index (χ2n) is 2.10. The van der Waals surface area contributed by atoms with Crippen molar-refractivity contribution < 1.29 is 4.74 Å². The van der Waals surface area contributed by atoms with E-state index >= 15 is 0 Å². The Morgan fingerprint density at radius 3 is 3.00 bits per heavy atom. The number of rotatable bonds is 2. The SMILES string of the molecule is C=C(OC)c1cc(N)ccn1. The van der Waals surface area contributed by atoms with E-state index in [1.165, 1.54) is 0 Å². The number of hydrogen-bond donors (Lipinski definition) is 1. The van der Waals surface area contributed by atoms with Crippen LogP contribution in [0.5, 0.6) is 0 Å². The van der Waals surface area contributed by atoms with Crippen LogP contribution in [0.2, 0.25) is 0 Å². The Bertz CT molecular complexity index is 271. The maximum atomic E-state index is 5.51. The predicted molar refractivity (Wildman–Crippen MR) is 44.7 cm³/mol. The summed E-state index contributed by atoms with van der Waals surface area (Å²) in [5.41, 5.74) is 6.85. The number of methoxy groups -OCH3 is 1. The maximum absolute atomic E-state index is 5.51. The van der Waals surface area contributed by atoms with Crippen molar-refractivity contribution in [3.05, 3.63) is 30.6 Å². The van der Waals surface area contributed by atoms with Crippen molar-refractivity contribution in [3.63, 3.8) is 0 Å². The molecule has 1 heterocycles. The third kappa shape index (κ3) is 1.70. The van der Waals surface area contributed by atoms with Crippen LogP contribution in [0, 0.1) is 0 Å². The van der Waals surface area contributed by atoms with Crippen molar-refractivity contribution in [1.82, 2.24) is 4.98 Å². The third-order valence-electron chi connectivity index (χ3n) is 1.32. The Kier molecular flexibility index (Phi) is 2.11. The monoisotopic (exact) mass is 150 g/mol. The van der Waals surface area contributed by atoms with Gasteiger partial charge in [0.2, 0.25) is 0 Å². The fourth-order valence-electron chi connectivity index (χ4n) is 0.704. The zero-order chi connectivity index (χ0) is 8.27. The van der Waals surface area contributed by atoms with Crippen LogP contribution in [0.4, 0.5) is 5.69 Å². The van der Waals surface area contributed by atoms with Crippen LogP contribution in [-0.4, -0.2) is 12.1 Å². The van der Waals surface area contributed by atoms with E-state index in [1.807, 2.05) is 0 Å². The number of nitrogens with zero attached hydrogens (tertiary/aromatic N) is 1. The minimum atomic E-state index is 0.525. The van der Waals surface area contributed by atoms with E-state index in [4.69, 9.17) is 10.5 Å². The molecule has 2 N–H and O–H groups in total. The van der Waals surface area contributed by atoms with Gasteiger partial charge in [0, 0.05) is 11.9 Å². The molecule has 0 fully saturated rings. The van der Waals surface area contributed by atoms with E-state index in [1.54, 1.807) is 25.4 Å². The highest BCUT2D eigenvalue weighted by molar-refractivity contribution is 5.57. The summed E-state index contributed by atoms with van der Waals surface area (Å²) in [6, 6.07) is 3.43. The molecule has 0 unspecified atom stereocenters. The van der Waals surface area contributed by atoms with E-state index in [9.17, 15) is 0 Å². The molecule has 1 aromatic rings. The molecule has 0 amide bonds. The molecule has 58 valence electrons. The quantitative estimate of drug-likeness (QED) is 0.646. The highest BCUT2D eigenvalue weighted by Crippen LogP contribution is 2.11. The number of nitrogens with two attached hydrogens (primary N) is 1. The summed E-state index contributed by atoms with van der Waals surface area (Å²) in [5.74, 6) is 0.525. The van der Waals surface area contributed by atoms with Crippen molar-refractivity contribution in [2.45, 2.75) is 0 Å². The van der Waals surface area contributed by atoms with Crippen molar-refractivity contribution in [3.8, 4) is 0 Å². The van der Waals surface area contributed by atoms with Crippen LogP contribution in [-0.2, 0) is 4.74 Å². The molecule has 0 bridgehead atoms. The smallest absolute Gasteiger partial charge is 0.137 e. The number of nitrogen functional groups attached to an aromatic ring is 1. The molecule has 1 aromatic heterocycles. The lowest BCUT2D eigenvalue weighted by Gasteiger charge is -2.02. The highest BCUT2D eigenvalue weighted by Gasteiger charge is 1.98. The minimum absolute atomic E-state index is 0.525. The lowest BCUT2D eigenvalue weighted by atomic mass is 10.3. The second kappa shape index (κ2) is 3.05. The molecular formula is C8H10N2O. The Morgan fingerprint density at radius 1 is 1.73 bits per heavy atom. The van der Waals surface area contributed by atoms with Crippen molar-refractivity contribution in [2.75, 3.05) is 12.8 Å². The first-order valence-corrected chi connectivity index (χ1v) is 3.19. The Morgan fingerprint density at radius 2 is 2.45 bits per heavy atom. The summed E-state index contributed by atoms with van der Waals surface area (Å²) in [7, 11) is 1.55. The first-order valence-electron chi connectivity index (χ1n) is 3.19. The number of ether oxygens (including phenoxy) is 1. The molecule has 3 heteroatoms. The van der Waals surface area contributed by atoms with Crippen LogP contribution in [0.3, 0.4) is 0 Å². The minimum Gasteiger partial charge on any atom is -0.495 e. The number of hydrogen-bond acceptors (Lipinski definition) is 3. The number of pyridine rings is 1. The van der Waals surface area contributed by atoms with Crippen LogP contribution in [0.25, 0.3) is 5.76 Å². The highest BCUT2D eigenvalue weighted by atomic mass is 16.5. The number of aromatic nitrogens is 1. The molecule has 3 nitrogen and oxygen atoms in total. The molecule has 0 atom stereocenters. The standard InChI is InChI=1S/C8H10N2O/c1-6(11-2)8-5-7(9)3-4-10-8/h3-5H,1H2,2H3,(H2,9,10). The molecule has 0 radical (unpaired) electrons. The van der Waals surface area contributed by atoms with E-state index in [0.717, 1.165) is 0 Å². The van der Waals surface area contributed by atoms with Gasteiger partial charge in [0.15, 0.2) is 0 Å². The van der Waals surface area contributed by atoms with E-state index in [2.05, 4.69) is 11.6 Å². The number of anilines is 1. The van der Waals surface area contributed by atoms with Crippen LogP contribution < -0.4 is 5.73 Å². The molecule has 1 rings (SSSR count). The summed E-state index contributed by atoms with van der Waals surface area (Å²) in [5, 5.41) is 0. The molecular weight excluding hydrogens is 140 g/mol. The van der Waals surface area contributed by atoms with Gasteiger partial charge in [0.1, 0.15) is 11.5 Å². The molecule has 0 saturated carbocycles. The largest absolute Gasteiger partial charge is 0.495 e. The van der Waals surface area contributed by atoms with Gasteiger partial charge >= 0.3 is 0 Å². The molecule has 0 saturated heterocycles. The molecule has 0 spiro atoms.